The van der Waals surface area contributed by atoms with Crippen molar-refractivity contribution in [3.63, 3.8) is 0 Å². The molecular formula is C18H11Cl2FN6O3. The van der Waals surface area contributed by atoms with Crippen LogP contribution in [0.5, 0.6) is 0 Å². The lowest BCUT2D eigenvalue weighted by atomic mass is 10.1. The van der Waals surface area contributed by atoms with Gasteiger partial charge in [-0.25, -0.2) is 4.39 Å². The van der Waals surface area contributed by atoms with E-state index in [9.17, 15) is 18.8 Å². The van der Waals surface area contributed by atoms with Crippen LogP contribution in [0.1, 0.15) is 26.5 Å². The molecule has 0 unspecified atom stereocenters. The maximum atomic E-state index is 14.1. The molecule has 1 aliphatic rings. The van der Waals surface area contributed by atoms with Gasteiger partial charge in [-0.15, -0.1) is 5.10 Å². The lowest BCUT2D eigenvalue weighted by Gasteiger charge is -2.14. The standard InChI is InChI=1S/C18H11Cl2FN6O3/c1-8-23-24-25-27(8)15-4-9(2-3-14(15)21)22-16(28)7-26-17(29)10-5-12(19)13(20)6-11(10)18(26)30/h2-6H,7H2,1H3,(H,22,28). The van der Waals surface area contributed by atoms with Crippen LogP contribution in [0.4, 0.5) is 10.1 Å². The largest absolute Gasteiger partial charge is 0.324 e. The van der Waals surface area contributed by atoms with Crippen molar-refractivity contribution in [1.29, 1.82) is 0 Å². The van der Waals surface area contributed by atoms with E-state index in [0.29, 0.717) is 5.82 Å². The molecule has 0 saturated heterocycles. The van der Waals surface area contributed by atoms with Crippen LogP contribution in [0.2, 0.25) is 10.0 Å². The first-order chi connectivity index (χ1) is 14.3. The Kier molecular flexibility index (Phi) is 4.96. The van der Waals surface area contributed by atoms with Crippen molar-refractivity contribution < 1.29 is 18.8 Å². The molecule has 0 radical (unpaired) electrons. The van der Waals surface area contributed by atoms with Gasteiger partial charge >= 0.3 is 0 Å². The topological polar surface area (TPSA) is 110 Å². The number of amides is 3. The Bertz CT molecular complexity index is 1190. The minimum Gasteiger partial charge on any atom is -0.324 e. The Balaban J connectivity index is 1.53. The van der Waals surface area contributed by atoms with Crippen molar-refractivity contribution in [2.24, 2.45) is 0 Å². The first-order valence-corrected chi connectivity index (χ1v) is 9.22. The molecule has 0 atom stereocenters. The van der Waals surface area contributed by atoms with Crippen LogP contribution in [-0.4, -0.2) is 49.4 Å². The Morgan fingerprint density at radius 3 is 2.30 bits per heavy atom. The lowest BCUT2D eigenvalue weighted by Crippen LogP contribution is -2.37. The second kappa shape index (κ2) is 7.47. The highest BCUT2D eigenvalue weighted by Crippen LogP contribution is 2.31. The van der Waals surface area contributed by atoms with Gasteiger partial charge in [0, 0.05) is 5.69 Å². The molecular weight excluding hydrogens is 438 g/mol. The molecule has 1 aliphatic heterocycles. The Morgan fingerprint density at radius 1 is 1.10 bits per heavy atom. The van der Waals surface area contributed by atoms with Gasteiger partial charge in [-0.05, 0) is 47.7 Å². The van der Waals surface area contributed by atoms with Crippen molar-refractivity contribution in [2.75, 3.05) is 11.9 Å². The Labute approximate surface area is 178 Å². The molecule has 152 valence electrons. The van der Waals surface area contributed by atoms with Crippen molar-refractivity contribution in [3.8, 4) is 5.69 Å². The summed E-state index contributed by atoms with van der Waals surface area (Å²) in [6.45, 7) is 1.05. The monoisotopic (exact) mass is 448 g/mol. The minimum absolute atomic E-state index is 0.0281. The summed E-state index contributed by atoms with van der Waals surface area (Å²) in [7, 11) is 0. The zero-order valence-electron chi connectivity index (χ0n) is 15.2. The maximum Gasteiger partial charge on any atom is 0.262 e. The third-order valence-corrected chi connectivity index (χ3v) is 5.12. The second-order valence-electron chi connectivity index (χ2n) is 6.36. The number of hydrogen-bond acceptors (Lipinski definition) is 6. The maximum absolute atomic E-state index is 14.1. The van der Waals surface area contributed by atoms with Crippen molar-refractivity contribution in [3.05, 3.63) is 63.1 Å². The summed E-state index contributed by atoms with van der Waals surface area (Å²) >= 11 is 11.8. The Hall–Kier alpha value is -3.37. The van der Waals surface area contributed by atoms with Gasteiger partial charge in [0.2, 0.25) is 5.91 Å². The number of imide groups is 1. The van der Waals surface area contributed by atoms with Crippen LogP contribution < -0.4 is 5.32 Å². The van der Waals surface area contributed by atoms with Gasteiger partial charge in [-0.2, -0.15) is 4.68 Å². The van der Waals surface area contributed by atoms with Gasteiger partial charge < -0.3 is 5.32 Å². The normalized spacial score (nSPS) is 13.0. The number of halogens is 3. The summed E-state index contributed by atoms with van der Waals surface area (Å²) in [5.74, 6) is -2.23. The number of carbonyl (C=O) groups is 3. The number of nitrogens with one attached hydrogen (secondary N) is 1. The highest BCUT2D eigenvalue weighted by Gasteiger charge is 2.37. The van der Waals surface area contributed by atoms with Crippen LogP contribution in [0.25, 0.3) is 5.69 Å². The van der Waals surface area contributed by atoms with E-state index in [1.165, 1.54) is 28.9 Å². The number of hydrogen-bond donors (Lipinski definition) is 1. The van der Waals surface area contributed by atoms with E-state index in [1.807, 2.05) is 0 Å². The molecule has 0 spiro atoms. The number of anilines is 1. The molecule has 0 aliphatic carbocycles. The predicted octanol–water partition coefficient (Wildman–Crippen LogP) is 2.65. The van der Waals surface area contributed by atoms with Gasteiger partial charge in [0.15, 0.2) is 5.82 Å². The van der Waals surface area contributed by atoms with Crippen molar-refractivity contribution in [2.45, 2.75) is 6.92 Å². The van der Waals surface area contributed by atoms with Crippen molar-refractivity contribution >= 4 is 46.6 Å². The van der Waals surface area contributed by atoms with Gasteiger partial charge in [-0.1, -0.05) is 23.2 Å². The van der Waals surface area contributed by atoms with Crippen LogP contribution in [0.15, 0.2) is 30.3 Å². The molecule has 1 aromatic heterocycles. The SMILES string of the molecule is Cc1nnnn1-c1cc(NC(=O)CN2C(=O)c3cc(Cl)c(Cl)cc3C2=O)ccc1F. The van der Waals surface area contributed by atoms with E-state index in [1.54, 1.807) is 6.92 Å². The number of fused-ring (bicyclic) bond motifs is 1. The molecule has 30 heavy (non-hydrogen) atoms. The number of nitrogens with zero attached hydrogens (tertiary/aromatic N) is 5. The minimum atomic E-state index is -0.660. The number of aromatic nitrogens is 4. The van der Waals surface area contributed by atoms with E-state index in [2.05, 4.69) is 20.8 Å². The average Bonchev–Trinajstić information content (AvgIpc) is 3.21. The number of tetrazole rings is 1. The number of rotatable bonds is 4. The summed E-state index contributed by atoms with van der Waals surface area (Å²) in [6, 6.07) is 6.38. The summed E-state index contributed by atoms with van der Waals surface area (Å²) in [5, 5.41) is 13.6. The lowest BCUT2D eigenvalue weighted by molar-refractivity contribution is -0.116. The van der Waals surface area contributed by atoms with Crippen LogP contribution in [-0.2, 0) is 4.79 Å². The summed E-state index contributed by atoms with van der Waals surface area (Å²) in [5.41, 5.74) is 0.398. The van der Waals surface area contributed by atoms with E-state index in [4.69, 9.17) is 23.2 Å². The van der Waals surface area contributed by atoms with E-state index in [0.717, 1.165) is 11.0 Å². The van der Waals surface area contributed by atoms with Gasteiger partial charge in [0.05, 0.1) is 21.2 Å². The zero-order valence-corrected chi connectivity index (χ0v) is 16.7. The first-order valence-electron chi connectivity index (χ1n) is 8.46. The molecule has 3 aromatic rings. The van der Waals surface area contributed by atoms with Crippen LogP contribution in [0.3, 0.4) is 0 Å². The van der Waals surface area contributed by atoms with Gasteiger partial charge in [0.1, 0.15) is 18.0 Å². The van der Waals surface area contributed by atoms with Gasteiger partial charge in [-0.3, -0.25) is 19.3 Å². The fourth-order valence-electron chi connectivity index (χ4n) is 2.98. The predicted molar refractivity (Wildman–Crippen MR) is 104 cm³/mol. The third kappa shape index (κ3) is 3.40. The molecule has 1 N–H and O–H groups in total. The van der Waals surface area contributed by atoms with E-state index in [-0.39, 0.29) is 32.5 Å². The zero-order chi connectivity index (χ0) is 21.6. The van der Waals surface area contributed by atoms with Crippen molar-refractivity contribution in [1.82, 2.24) is 25.1 Å². The molecule has 12 heteroatoms. The highest BCUT2D eigenvalue weighted by molar-refractivity contribution is 6.43. The molecule has 2 aromatic carbocycles. The third-order valence-electron chi connectivity index (χ3n) is 4.40. The van der Waals surface area contributed by atoms with E-state index >= 15 is 0 Å². The van der Waals surface area contributed by atoms with E-state index < -0.39 is 30.1 Å². The fourth-order valence-corrected chi connectivity index (χ4v) is 3.31. The first kappa shape index (κ1) is 19.9. The molecule has 2 heterocycles. The number of benzene rings is 2. The van der Waals surface area contributed by atoms with Gasteiger partial charge in [0.25, 0.3) is 11.8 Å². The molecule has 9 nitrogen and oxygen atoms in total. The second-order valence-corrected chi connectivity index (χ2v) is 7.18. The van der Waals surface area contributed by atoms with Crippen LogP contribution in [0, 0.1) is 12.7 Å². The molecule has 0 saturated carbocycles. The summed E-state index contributed by atoms with van der Waals surface area (Å²) < 4.78 is 15.3. The smallest absolute Gasteiger partial charge is 0.262 e. The Morgan fingerprint density at radius 2 is 1.73 bits per heavy atom. The quantitative estimate of drug-likeness (QED) is 0.614. The molecule has 0 bridgehead atoms. The number of aryl methyl sites for hydroxylation is 1. The number of carbonyl (C=O) groups excluding carboxylic acids is 3. The molecule has 0 fully saturated rings. The summed E-state index contributed by atoms with van der Waals surface area (Å²) in [6.07, 6.45) is 0. The fraction of sp³-hybridized carbons (Fsp3) is 0.111. The average molecular weight is 449 g/mol. The van der Waals surface area contributed by atoms with Crippen LogP contribution >= 0.6 is 23.2 Å². The molecule has 4 rings (SSSR count). The molecule has 3 amide bonds. The highest BCUT2D eigenvalue weighted by atomic mass is 35.5. The summed E-state index contributed by atoms with van der Waals surface area (Å²) in [4.78, 5) is 38.2.